The lowest BCUT2D eigenvalue weighted by atomic mass is 9.95. The molecule has 0 spiro atoms. The number of alkyl halides is 3. The van der Waals surface area contributed by atoms with Gasteiger partial charge in [-0.2, -0.15) is 13.2 Å². The Balaban J connectivity index is 2.42. The first-order chi connectivity index (χ1) is 9.70. The van der Waals surface area contributed by atoms with Crippen molar-refractivity contribution in [1.29, 1.82) is 0 Å². The van der Waals surface area contributed by atoms with E-state index in [-0.39, 0.29) is 16.7 Å². The third kappa shape index (κ3) is 3.21. The topological polar surface area (TPSA) is 20.2 Å². The molecule has 0 aliphatic rings. The summed E-state index contributed by atoms with van der Waals surface area (Å²) in [5.74, 6) is -1.76. The van der Waals surface area contributed by atoms with Crippen molar-refractivity contribution in [3.8, 4) is 0 Å². The molecule has 0 radical (unpaired) electrons. The average Bonchev–Trinajstić information content (AvgIpc) is 2.36. The molecule has 6 heteroatoms. The predicted octanol–water partition coefficient (Wildman–Crippen LogP) is 4.37. The Morgan fingerprint density at radius 1 is 0.952 bits per heavy atom. The second-order valence-corrected chi connectivity index (χ2v) is 4.64. The molecule has 21 heavy (non-hydrogen) atoms. The maximum Gasteiger partial charge on any atom is 0.416 e. The number of benzene rings is 2. The van der Waals surface area contributed by atoms with Gasteiger partial charge in [-0.3, -0.25) is 0 Å². The third-order valence-corrected chi connectivity index (χ3v) is 3.15. The van der Waals surface area contributed by atoms with E-state index in [4.69, 9.17) is 0 Å². The van der Waals surface area contributed by atoms with Crippen molar-refractivity contribution in [3.63, 3.8) is 0 Å². The zero-order chi connectivity index (χ0) is 15.8. The molecule has 0 fully saturated rings. The number of hydrogen-bond acceptors (Lipinski definition) is 1. The third-order valence-electron chi connectivity index (χ3n) is 3.15. The molecule has 0 aromatic heterocycles. The summed E-state index contributed by atoms with van der Waals surface area (Å²) in [7, 11) is 0. The van der Waals surface area contributed by atoms with Crippen molar-refractivity contribution < 1.29 is 27.1 Å². The molecule has 2 aromatic carbocycles. The lowest BCUT2D eigenvalue weighted by Crippen LogP contribution is -2.09. The van der Waals surface area contributed by atoms with Gasteiger partial charge in [-0.15, -0.1) is 0 Å². The summed E-state index contributed by atoms with van der Waals surface area (Å²) in [4.78, 5) is 0. The zero-order valence-electron chi connectivity index (χ0n) is 10.9. The molecular weight excluding hydrogens is 291 g/mol. The number of rotatable bonds is 2. The minimum absolute atomic E-state index is 0.133. The van der Waals surface area contributed by atoms with Gasteiger partial charge in [0.25, 0.3) is 0 Å². The number of halogens is 5. The summed E-state index contributed by atoms with van der Waals surface area (Å²) in [6.45, 7) is 1.38. The summed E-state index contributed by atoms with van der Waals surface area (Å²) < 4.78 is 64.1. The minimum atomic E-state index is -4.49. The Labute approximate surface area is 117 Å². The largest absolute Gasteiger partial charge is 0.416 e. The quantitative estimate of drug-likeness (QED) is 0.817. The normalized spacial score (nSPS) is 13.3. The second-order valence-electron chi connectivity index (χ2n) is 4.64. The van der Waals surface area contributed by atoms with E-state index in [2.05, 4.69) is 0 Å². The van der Waals surface area contributed by atoms with E-state index in [1.54, 1.807) is 0 Å². The molecule has 0 heterocycles. The fraction of sp³-hybridized carbons (Fsp3) is 0.200. The van der Waals surface area contributed by atoms with E-state index >= 15 is 0 Å². The maximum absolute atomic E-state index is 13.6. The predicted molar refractivity (Wildman–Crippen MR) is 66.6 cm³/mol. The summed E-state index contributed by atoms with van der Waals surface area (Å²) in [5.41, 5.74) is -0.746. The van der Waals surface area contributed by atoms with Crippen molar-refractivity contribution in [2.24, 2.45) is 0 Å². The highest BCUT2D eigenvalue weighted by atomic mass is 19.4. The molecule has 1 N–H and O–H groups in total. The van der Waals surface area contributed by atoms with Crippen LogP contribution in [-0.4, -0.2) is 5.11 Å². The summed E-state index contributed by atoms with van der Waals surface area (Å²) >= 11 is 0. The molecule has 0 saturated heterocycles. The first-order valence-electron chi connectivity index (χ1n) is 6.01. The van der Waals surface area contributed by atoms with Crippen LogP contribution in [0.25, 0.3) is 0 Å². The van der Waals surface area contributed by atoms with Gasteiger partial charge >= 0.3 is 6.18 Å². The van der Waals surface area contributed by atoms with Gasteiger partial charge in [0.1, 0.15) is 17.7 Å². The monoisotopic (exact) mass is 302 g/mol. The Hall–Kier alpha value is -1.95. The minimum Gasteiger partial charge on any atom is -0.384 e. The van der Waals surface area contributed by atoms with Crippen LogP contribution in [0, 0.1) is 18.6 Å². The van der Waals surface area contributed by atoms with Crippen LogP contribution in [0.1, 0.15) is 28.4 Å². The van der Waals surface area contributed by atoms with Gasteiger partial charge in [-0.05, 0) is 36.2 Å². The molecule has 0 bridgehead atoms. The van der Waals surface area contributed by atoms with Gasteiger partial charge in [0.15, 0.2) is 0 Å². The van der Waals surface area contributed by atoms with E-state index in [1.165, 1.54) is 6.92 Å². The van der Waals surface area contributed by atoms with Gasteiger partial charge in [-0.1, -0.05) is 12.1 Å². The van der Waals surface area contributed by atoms with E-state index < -0.39 is 29.5 Å². The van der Waals surface area contributed by atoms with Gasteiger partial charge in [0.05, 0.1) is 5.56 Å². The SMILES string of the molecule is Cc1cc(C(F)(F)F)ccc1C(O)c1ccc(F)cc1F. The number of aliphatic hydroxyl groups is 1. The second kappa shape index (κ2) is 5.44. The van der Waals surface area contributed by atoms with Crippen molar-refractivity contribution >= 4 is 0 Å². The fourth-order valence-corrected chi connectivity index (χ4v) is 2.05. The van der Waals surface area contributed by atoms with Crippen molar-refractivity contribution in [2.45, 2.75) is 19.2 Å². The average molecular weight is 302 g/mol. The first kappa shape index (κ1) is 15.4. The number of hydrogen-bond donors (Lipinski definition) is 1. The first-order valence-corrected chi connectivity index (χ1v) is 6.01. The van der Waals surface area contributed by atoms with Gasteiger partial charge in [0, 0.05) is 11.6 Å². The van der Waals surface area contributed by atoms with Crippen LogP contribution >= 0.6 is 0 Å². The summed E-state index contributed by atoms with van der Waals surface area (Å²) in [6, 6.07) is 5.42. The van der Waals surface area contributed by atoms with Crippen molar-refractivity contribution in [1.82, 2.24) is 0 Å². The molecule has 2 aromatic rings. The Bertz CT molecular complexity index is 664. The standard InChI is InChI=1S/C15H11F5O/c1-8-6-9(15(18,19)20)2-4-11(8)14(21)12-5-3-10(16)7-13(12)17/h2-7,14,21H,1H3. The molecule has 0 saturated carbocycles. The van der Waals surface area contributed by atoms with Crippen LogP contribution in [0.4, 0.5) is 22.0 Å². The van der Waals surface area contributed by atoms with Crippen LogP contribution < -0.4 is 0 Å². The lowest BCUT2D eigenvalue weighted by Gasteiger charge is -2.16. The highest BCUT2D eigenvalue weighted by Crippen LogP contribution is 2.33. The molecule has 112 valence electrons. The number of aliphatic hydroxyl groups excluding tert-OH is 1. The Morgan fingerprint density at radius 2 is 1.57 bits per heavy atom. The van der Waals surface area contributed by atoms with Crippen LogP contribution in [0.15, 0.2) is 36.4 Å². The molecule has 0 aliphatic heterocycles. The molecular formula is C15H11F5O. The highest BCUT2D eigenvalue weighted by molar-refractivity contribution is 5.39. The van der Waals surface area contributed by atoms with Crippen molar-refractivity contribution in [2.75, 3.05) is 0 Å². The van der Waals surface area contributed by atoms with Crippen LogP contribution in [0.3, 0.4) is 0 Å². The molecule has 1 atom stereocenters. The molecule has 0 amide bonds. The fourth-order valence-electron chi connectivity index (χ4n) is 2.05. The Morgan fingerprint density at radius 3 is 2.10 bits per heavy atom. The van der Waals surface area contributed by atoms with E-state index in [0.717, 1.165) is 30.3 Å². The van der Waals surface area contributed by atoms with E-state index in [0.29, 0.717) is 6.07 Å². The molecule has 1 nitrogen and oxygen atoms in total. The van der Waals surface area contributed by atoms with E-state index in [9.17, 15) is 27.1 Å². The smallest absolute Gasteiger partial charge is 0.384 e. The zero-order valence-corrected chi connectivity index (χ0v) is 10.9. The van der Waals surface area contributed by atoms with E-state index in [1.807, 2.05) is 0 Å². The summed E-state index contributed by atoms with van der Waals surface area (Å²) in [5, 5.41) is 10.1. The maximum atomic E-state index is 13.6. The van der Waals surface area contributed by atoms with Crippen LogP contribution in [0.5, 0.6) is 0 Å². The molecule has 2 rings (SSSR count). The van der Waals surface area contributed by atoms with Crippen LogP contribution in [-0.2, 0) is 6.18 Å². The van der Waals surface area contributed by atoms with Gasteiger partial charge in [-0.25, -0.2) is 8.78 Å². The van der Waals surface area contributed by atoms with Crippen molar-refractivity contribution in [3.05, 3.63) is 70.3 Å². The number of aryl methyl sites for hydroxylation is 1. The molecule has 1 unspecified atom stereocenters. The van der Waals surface area contributed by atoms with Gasteiger partial charge in [0.2, 0.25) is 0 Å². The highest BCUT2D eigenvalue weighted by Gasteiger charge is 2.31. The van der Waals surface area contributed by atoms with Gasteiger partial charge < -0.3 is 5.11 Å². The summed E-state index contributed by atoms with van der Waals surface area (Å²) in [6.07, 6.45) is -5.96. The lowest BCUT2D eigenvalue weighted by molar-refractivity contribution is -0.137. The van der Waals surface area contributed by atoms with Crippen LogP contribution in [0.2, 0.25) is 0 Å². The molecule has 0 aliphatic carbocycles. The Kier molecular flexibility index (Phi) is 4.00.